The fourth-order valence-corrected chi connectivity index (χ4v) is 5.03. The van der Waals surface area contributed by atoms with Gasteiger partial charge in [0.1, 0.15) is 0 Å². The molecule has 3 unspecified atom stereocenters. The Hall–Kier alpha value is -0.920. The van der Waals surface area contributed by atoms with Crippen LogP contribution in [0.1, 0.15) is 38.5 Å². The van der Waals surface area contributed by atoms with Gasteiger partial charge in [0.2, 0.25) is 0 Å². The van der Waals surface area contributed by atoms with Gasteiger partial charge in [-0.1, -0.05) is 0 Å². The molecular formula is C15H19F5O3. The summed E-state index contributed by atoms with van der Waals surface area (Å²) in [4.78, 5) is 12.4. The van der Waals surface area contributed by atoms with Crippen LogP contribution >= 0.6 is 0 Å². The molecule has 0 aromatic heterocycles. The van der Waals surface area contributed by atoms with Crippen LogP contribution in [0, 0.1) is 23.2 Å². The monoisotopic (exact) mass is 342 g/mol. The molecule has 8 heteroatoms. The molecule has 3 nitrogen and oxygen atoms in total. The van der Waals surface area contributed by atoms with Crippen LogP contribution in [0.4, 0.5) is 22.0 Å². The Morgan fingerprint density at radius 2 is 1.70 bits per heavy atom. The third-order valence-electron chi connectivity index (χ3n) is 5.75. The quantitative estimate of drug-likeness (QED) is 0.616. The predicted molar refractivity (Wildman–Crippen MR) is 68.6 cm³/mol. The molecule has 1 N–H and O–H groups in total. The molecule has 0 radical (unpaired) electrons. The summed E-state index contributed by atoms with van der Waals surface area (Å²) in [5.41, 5.74) is -1.01. The van der Waals surface area contributed by atoms with Gasteiger partial charge in [-0.15, -0.1) is 0 Å². The highest BCUT2D eigenvalue weighted by molar-refractivity contribution is 5.79. The molecule has 0 aromatic carbocycles. The van der Waals surface area contributed by atoms with Crippen molar-refractivity contribution in [3.63, 3.8) is 0 Å². The number of halogens is 5. The van der Waals surface area contributed by atoms with Gasteiger partial charge in [0.25, 0.3) is 12.0 Å². The summed E-state index contributed by atoms with van der Waals surface area (Å²) in [7, 11) is 0. The fourth-order valence-electron chi connectivity index (χ4n) is 5.03. The van der Waals surface area contributed by atoms with Gasteiger partial charge in [-0.3, -0.25) is 4.79 Å². The lowest BCUT2D eigenvalue weighted by molar-refractivity contribution is -0.283. The third-order valence-corrected chi connectivity index (χ3v) is 5.75. The summed E-state index contributed by atoms with van der Waals surface area (Å²) in [6.45, 7) is -1.12. The van der Waals surface area contributed by atoms with Crippen molar-refractivity contribution in [2.24, 2.45) is 23.2 Å². The maximum Gasteiger partial charge on any atom is 0.431 e. The Balaban J connectivity index is 1.80. The first-order valence-electron chi connectivity index (χ1n) is 7.85. The average Bonchev–Trinajstić information content (AvgIpc) is 2.80. The first kappa shape index (κ1) is 16.9. The SMILES string of the molecule is O=C(OC(C(F)(F)F)C(F)(F)CCO)C12CC3CC(CC1C3)C2. The van der Waals surface area contributed by atoms with E-state index in [1.807, 2.05) is 0 Å². The molecular weight excluding hydrogens is 323 g/mol. The van der Waals surface area contributed by atoms with Crippen LogP contribution in [0.25, 0.3) is 0 Å². The van der Waals surface area contributed by atoms with Crippen molar-refractivity contribution in [1.29, 1.82) is 0 Å². The number of carbonyl (C=O) groups excluding carboxylic acids is 1. The lowest BCUT2D eigenvalue weighted by atomic mass is 9.75. The number of rotatable bonds is 5. The van der Waals surface area contributed by atoms with Crippen molar-refractivity contribution in [1.82, 2.24) is 0 Å². The van der Waals surface area contributed by atoms with E-state index in [4.69, 9.17) is 5.11 Å². The molecule has 4 aliphatic carbocycles. The van der Waals surface area contributed by atoms with Gasteiger partial charge in [-0.2, -0.15) is 13.2 Å². The number of hydrogen-bond donors (Lipinski definition) is 1. The summed E-state index contributed by atoms with van der Waals surface area (Å²) in [5, 5.41) is 8.56. The zero-order valence-electron chi connectivity index (χ0n) is 12.4. The second kappa shape index (κ2) is 5.29. The minimum Gasteiger partial charge on any atom is -0.446 e. The molecule has 0 aliphatic heterocycles. The summed E-state index contributed by atoms with van der Waals surface area (Å²) in [5.74, 6) is -4.93. The molecule has 0 aromatic rings. The molecule has 4 bridgehead atoms. The van der Waals surface area contributed by atoms with Gasteiger partial charge in [0.15, 0.2) is 0 Å². The largest absolute Gasteiger partial charge is 0.446 e. The highest BCUT2D eigenvalue weighted by Gasteiger charge is 2.65. The lowest BCUT2D eigenvalue weighted by Gasteiger charge is -2.34. The Labute approximate surface area is 130 Å². The van der Waals surface area contributed by atoms with E-state index in [-0.39, 0.29) is 5.92 Å². The number of hydrogen-bond acceptors (Lipinski definition) is 3. The number of ether oxygens (including phenoxy) is 1. The van der Waals surface area contributed by atoms with Crippen molar-refractivity contribution in [3.05, 3.63) is 0 Å². The zero-order chi connectivity index (χ0) is 17.0. The minimum atomic E-state index is -5.37. The van der Waals surface area contributed by atoms with Crippen LogP contribution in [0.2, 0.25) is 0 Å². The standard InChI is InChI=1S/C15H19F5O3/c16-14(17,1-2-21)11(15(18,19)20)23-12(22)13-6-8-3-9(7-13)5-10(13)4-8/h8-11,21H,1-7H2. The number of carbonyl (C=O) groups is 1. The van der Waals surface area contributed by atoms with Crippen molar-refractivity contribution < 1.29 is 36.6 Å². The van der Waals surface area contributed by atoms with Crippen LogP contribution in [0.5, 0.6) is 0 Å². The minimum absolute atomic E-state index is 0.0425. The number of esters is 1. The molecule has 23 heavy (non-hydrogen) atoms. The predicted octanol–water partition coefficient (Wildman–Crippen LogP) is 3.30. The van der Waals surface area contributed by atoms with Crippen LogP contribution in [0.3, 0.4) is 0 Å². The van der Waals surface area contributed by atoms with Gasteiger partial charge < -0.3 is 9.84 Å². The molecule has 0 spiro atoms. The van der Waals surface area contributed by atoms with E-state index in [0.717, 1.165) is 19.3 Å². The molecule has 4 fully saturated rings. The maximum atomic E-state index is 13.7. The highest BCUT2D eigenvalue weighted by Crippen LogP contribution is 2.66. The van der Waals surface area contributed by atoms with Crippen molar-refractivity contribution in [2.45, 2.75) is 56.7 Å². The molecule has 4 rings (SSSR count). The van der Waals surface area contributed by atoms with Gasteiger partial charge >= 0.3 is 12.1 Å². The topological polar surface area (TPSA) is 46.5 Å². The van der Waals surface area contributed by atoms with Gasteiger partial charge in [0.05, 0.1) is 5.41 Å². The van der Waals surface area contributed by atoms with Crippen LogP contribution in [0.15, 0.2) is 0 Å². The van der Waals surface area contributed by atoms with Gasteiger partial charge in [-0.25, -0.2) is 8.78 Å². The second-order valence-corrected chi connectivity index (χ2v) is 7.26. The van der Waals surface area contributed by atoms with Crippen LogP contribution in [-0.4, -0.2) is 35.9 Å². The molecule has 0 amide bonds. The van der Waals surface area contributed by atoms with Gasteiger partial charge in [-0.05, 0) is 49.9 Å². The number of aliphatic hydroxyl groups excluding tert-OH is 1. The Morgan fingerprint density at radius 3 is 2.17 bits per heavy atom. The van der Waals surface area contributed by atoms with E-state index < -0.39 is 42.6 Å². The van der Waals surface area contributed by atoms with Crippen molar-refractivity contribution in [3.8, 4) is 0 Å². The van der Waals surface area contributed by atoms with E-state index in [9.17, 15) is 26.7 Å². The molecule has 4 saturated carbocycles. The third kappa shape index (κ3) is 2.72. The first-order chi connectivity index (χ1) is 10.6. The Bertz CT molecular complexity index is 476. The maximum absolute atomic E-state index is 13.7. The van der Waals surface area contributed by atoms with E-state index in [2.05, 4.69) is 4.74 Å². The van der Waals surface area contributed by atoms with E-state index in [1.165, 1.54) is 0 Å². The summed E-state index contributed by atoms with van der Waals surface area (Å²) in [6.07, 6.45) is -6.86. The van der Waals surface area contributed by atoms with Crippen LogP contribution < -0.4 is 0 Å². The highest BCUT2D eigenvalue weighted by atomic mass is 19.4. The van der Waals surface area contributed by atoms with Crippen LogP contribution in [-0.2, 0) is 9.53 Å². The molecule has 4 aliphatic rings. The number of aliphatic hydroxyl groups is 1. The summed E-state index contributed by atoms with van der Waals surface area (Å²) in [6, 6.07) is 0. The van der Waals surface area contributed by atoms with E-state index >= 15 is 0 Å². The van der Waals surface area contributed by atoms with E-state index in [1.54, 1.807) is 0 Å². The first-order valence-corrected chi connectivity index (χ1v) is 7.85. The smallest absolute Gasteiger partial charge is 0.431 e. The van der Waals surface area contributed by atoms with Crippen molar-refractivity contribution >= 4 is 5.97 Å². The number of alkyl halides is 5. The van der Waals surface area contributed by atoms with E-state index in [0.29, 0.717) is 24.7 Å². The average molecular weight is 342 g/mol. The zero-order valence-corrected chi connectivity index (χ0v) is 12.4. The Kier molecular flexibility index (Phi) is 3.89. The molecule has 0 saturated heterocycles. The normalized spacial score (nSPS) is 37.2. The Morgan fingerprint density at radius 1 is 1.13 bits per heavy atom. The fraction of sp³-hybridized carbons (Fsp3) is 0.933. The second-order valence-electron chi connectivity index (χ2n) is 7.26. The lowest BCUT2D eigenvalue weighted by Crippen LogP contribution is -2.51. The summed E-state index contributed by atoms with van der Waals surface area (Å²) < 4.78 is 70.7. The van der Waals surface area contributed by atoms with Gasteiger partial charge in [0, 0.05) is 13.0 Å². The molecule has 0 heterocycles. The molecule has 132 valence electrons. The van der Waals surface area contributed by atoms with Crippen molar-refractivity contribution in [2.75, 3.05) is 6.61 Å². The summed E-state index contributed by atoms with van der Waals surface area (Å²) >= 11 is 0. The molecule has 3 atom stereocenters.